The van der Waals surface area contributed by atoms with Gasteiger partial charge in [-0.15, -0.1) is 0 Å². The minimum Gasteiger partial charge on any atom is -0.484 e. The summed E-state index contributed by atoms with van der Waals surface area (Å²) in [4.78, 5) is 30.4. The molecule has 1 amide bonds. The van der Waals surface area contributed by atoms with Gasteiger partial charge >= 0.3 is 0 Å². The lowest BCUT2D eigenvalue weighted by molar-refractivity contribution is -0.118. The molecule has 2 aromatic heterocycles. The average Bonchev–Trinajstić information content (AvgIpc) is 3.40. The number of fused-ring (bicyclic) bond motifs is 2. The topological polar surface area (TPSA) is 98.7 Å². The highest BCUT2D eigenvalue weighted by Gasteiger charge is 2.16. The maximum atomic E-state index is 13.5. The molecular formula is C32H23ClN4O4. The van der Waals surface area contributed by atoms with Gasteiger partial charge < -0.3 is 14.5 Å². The van der Waals surface area contributed by atoms with Gasteiger partial charge in [0.25, 0.3) is 11.5 Å². The van der Waals surface area contributed by atoms with Crippen LogP contribution >= 0.6 is 11.6 Å². The number of rotatable bonds is 7. The Kier molecular flexibility index (Phi) is 7.06. The number of aryl methyl sites for hydroxylation is 1. The van der Waals surface area contributed by atoms with Crippen molar-refractivity contribution in [3.05, 3.63) is 124 Å². The fourth-order valence-corrected chi connectivity index (χ4v) is 4.45. The van der Waals surface area contributed by atoms with Crippen LogP contribution in [0.15, 0.2) is 111 Å². The van der Waals surface area contributed by atoms with Crippen LogP contribution < -0.4 is 15.6 Å². The summed E-state index contributed by atoms with van der Waals surface area (Å²) in [5, 5.41) is 9.06. The number of benzene rings is 4. The molecule has 9 heteroatoms. The van der Waals surface area contributed by atoms with Crippen LogP contribution in [0.1, 0.15) is 11.1 Å². The second-order valence-corrected chi connectivity index (χ2v) is 9.82. The third kappa shape index (κ3) is 5.73. The van der Waals surface area contributed by atoms with Gasteiger partial charge in [0.2, 0.25) is 5.82 Å². The number of carbonyl (C=O) groups excluding carboxylic acids is 1. The molecule has 41 heavy (non-hydrogen) atoms. The molecule has 6 rings (SSSR count). The lowest BCUT2D eigenvalue weighted by Gasteiger charge is -2.08. The average molecular weight is 563 g/mol. The predicted octanol–water partition coefficient (Wildman–Crippen LogP) is 6.67. The molecule has 0 fully saturated rings. The Balaban J connectivity index is 1.24. The van der Waals surface area contributed by atoms with Crippen molar-refractivity contribution in [3.8, 4) is 17.3 Å². The number of hydrogen-bond acceptors (Lipinski definition) is 6. The van der Waals surface area contributed by atoms with Crippen LogP contribution in [0, 0.1) is 6.92 Å². The van der Waals surface area contributed by atoms with Crippen LogP contribution in [0.4, 0.5) is 5.69 Å². The molecule has 0 aliphatic carbocycles. The summed E-state index contributed by atoms with van der Waals surface area (Å²) in [5.74, 6) is 0.905. The van der Waals surface area contributed by atoms with Crippen molar-refractivity contribution in [2.24, 2.45) is 5.10 Å². The first-order valence-electron chi connectivity index (χ1n) is 12.8. The third-order valence-corrected chi connectivity index (χ3v) is 6.60. The van der Waals surface area contributed by atoms with Crippen LogP contribution in [-0.4, -0.2) is 28.4 Å². The van der Waals surface area contributed by atoms with Crippen molar-refractivity contribution in [1.82, 2.24) is 9.66 Å². The molecule has 1 N–H and O–H groups in total. The molecule has 8 nitrogen and oxygen atoms in total. The Bertz CT molecular complexity index is 1980. The number of para-hydroxylation sites is 1. The minimum atomic E-state index is -0.333. The number of nitrogens with zero attached hydrogens (tertiary/aromatic N) is 3. The van der Waals surface area contributed by atoms with E-state index < -0.39 is 0 Å². The van der Waals surface area contributed by atoms with Gasteiger partial charge in [0, 0.05) is 16.1 Å². The Morgan fingerprint density at radius 3 is 2.61 bits per heavy atom. The number of halogens is 1. The lowest BCUT2D eigenvalue weighted by Crippen LogP contribution is -2.20. The normalized spacial score (nSPS) is 11.4. The van der Waals surface area contributed by atoms with E-state index in [2.05, 4.69) is 15.4 Å². The zero-order chi connectivity index (χ0) is 28.3. The zero-order valence-electron chi connectivity index (χ0n) is 21.9. The summed E-state index contributed by atoms with van der Waals surface area (Å²) >= 11 is 6.15. The van der Waals surface area contributed by atoms with E-state index in [4.69, 9.17) is 20.8 Å². The Morgan fingerprint density at radius 2 is 1.80 bits per heavy atom. The second-order valence-electron chi connectivity index (χ2n) is 9.38. The van der Waals surface area contributed by atoms with E-state index in [1.807, 2.05) is 37.3 Å². The summed E-state index contributed by atoms with van der Waals surface area (Å²) in [5.41, 5.74) is 3.35. The first-order chi connectivity index (χ1) is 19.9. The number of ether oxygens (including phenoxy) is 1. The van der Waals surface area contributed by atoms with E-state index in [0.29, 0.717) is 44.3 Å². The third-order valence-electron chi connectivity index (χ3n) is 6.36. The molecule has 2 heterocycles. The van der Waals surface area contributed by atoms with E-state index in [1.54, 1.807) is 72.9 Å². The van der Waals surface area contributed by atoms with Gasteiger partial charge in [-0.25, -0.2) is 4.98 Å². The van der Waals surface area contributed by atoms with Gasteiger partial charge in [-0.2, -0.15) is 9.78 Å². The smallest absolute Gasteiger partial charge is 0.282 e. The summed E-state index contributed by atoms with van der Waals surface area (Å²) < 4.78 is 12.8. The van der Waals surface area contributed by atoms with E-state index >= 15 is 0 Å². The summed E-state index contributed by atoms with van der Waals surface area (Å²) in [6.45, 7) is 1.85. The number of aromatic nitrogens is 2. The van der Waals surface area contributed by atoms with Crippen molar-refractivity contribution in [3.63, 3.8) is 0 Å². The Hall–Kier alpha value is -5.21. The quantitative estimate of drug-likeness (QED) is 0.219. The van der Waals surface area contributed by atoms with E-state index in [9.17, 15) is 9.59 Å². The fourth-order valence-electron chi connectivity index (χ4n) is 4.27. The fraction of sp³-hybridized carbons (Fsp3) is 0.0625. The van der Waals surface area contributed by atoms with Gasteiger partial charge in [0.05, 0.1) is 17.1 Å². The van der Waals surface area contributed by atoms with Crippen molar-refractivity contribution in [2.45, 2.75) is 6.92 Å². The summed E-state index contributed by atoms with van der Waals surface area (Å²) in [7, 11) is 0. The maximum absolute atomic E-state index is 13.5. The van der Waals surface area contributed by atoms with Gasteiger partial charge in [-0.1, -0.05) is 41.4 Å². The number of carbonyl (C=O) groups is 1. The van der Waals surface area contributed by atoms with Crippen LogP contribution in [0.5, 0.6) is 5.75 Å². The van der Waals surface area contributed by atoms with Crippen molar-refractivity contribution in [1.29, 1.82) is 0 Å². The first-order valence-corrected chi connectivity index (χ1v) is 13.2. The molecule has 0 unspecified atom stereocenters. The molecule has 0 bridgehead atoms. The molecule has 6 aromatic rings. The van der Waals surface area contributed by atoms with Gasteiger partial charge in [0.15, 0.2) is 12.4 Å². The van der Waals surface area contributed by atoms with Gasteiger partial charge in [-0.3, -0.25) is 9.59 Å². The second kappa shape index (κ2) is 11.1. The van der Waals surface area contributed by atoms with Gasteiger partial charge in [-0.05, 0) is 85.3 Å². The number of hydrogen-bond donors (Lipinski definition) is 1. The van der Waals surface area contributed by atoms with Crippen LogP contribution in [0.3, 0.4) is 0 Å². The van der Waals surface area contributed by atoms with Gasteiger partial charge in [0.1, 0.15) is 11.3 Å². The van der Waals surface area contributed by atoms with E-state index in [1.165, 1.54) is 4.68 Å². The molecule has 0 saturated heterocycles. The first kappa shape index (κ1) is 26.0. The summed E-state index contributed by atoms with van der Waals surface area (Å²) in [6, 6.07) is 28.7. The summed E-state index contributed by atoms with van der Waals surface area (Å²) in [6.07, 6.45) is 1.55. The van der Waals surface area contributed by atoms with Crippen LogP contribution in [0.2, 0.25) is 5.02 Å². The number of furan rings is 1. The van der Waals surface area contributed by atoms with E-state index in [0.717, 1.165) is 10.9 Å². The standard InChI is InChI=1S/C32H23ClN4O4/c1-20-6-11-24(12-7-20)35-30(38)19-40-25-13-8-21(9-14-25)18-34-37-31(36-27-5-3-2-4-26(27)32(37)39)29-17-22-16-23(33)10-15-28(22)41-29/h2-18H,19H2,1H3,(H,35,38). The monoisotopic (exact) mass is 562 g/mol. The molecular weight excluding hydrogens is 540 g/mol. The number of anilines is 1. The molecule has 0 aliphatic heterocycles. The molecule has 202 valence electrons. The zero-order valence-corrected chi connectivity index (χ0v) is 22.6. The SMILES string of the molecule is Cc1ccc(NC(=O)COc2ccc(C=Nn3c(-c4cc5cc(Cl)ccc5o4)nc4ccccc4c3=O)cc2)cc1. The molecule has 0 saturated carbocycles. The highest BCUT2D eigenvalue weighted by molar-refractivity contribution is 6.31. The van der Waals surface area contributed by atoms with Crippen molar-refractivity contribution < 1.29 is 13.9 Å². The largest absolute Gasteiger partial charge is 0.484 e. The van der Waals surface area contributed by atoms with Crippen LogP contribution in [-0.2, 0) is 4.79 Å². The molecule has 0 radical (unpaired) electrons. The predicted molar refractivity (Wildman–Crippen MR) is 161 cm³/mol. The Morgan fingerprint density at radius 1 is 1.02 bits per heavy atom. The van der Waals surface area contributed by atoms with Crippen LogP contribution in [0.25, 0.3) is 33.5 Å². The molecule has 4 aromatic carbocycles. The van der Waals surface area contributed by atoms with Crippen molar-refractivity contribution in [2.75, 3.05) is 11.9 Å². The lowest BCUT2D eigenvalue weighted by atomic mass is 10.2. The molecule has 0 aliphatic rings. The minimum absolute atomic E-state index is 0.133. The highest BCUT2D eigenvalue weighted by Crippen LogP contribution is 2.29. The molecule has 0 spiro atoms. The number of amides is 1. The van der Waals surface area contributed by atoms with Crippen molar-refractivity contribution >= 4 is 51.3 Å². The molecule has 0 atom stereocenters. The van der Waals surface area contributed by atoms with E-state index in [-0.39, 0.29) is 23.9 Å². The number of nitrogens with one attached hydrogen (secondary N) is 1. The highest BCUT2D eigenvalue weighted by atomic mass is 35.5. The Labute approximate surface area is 239 Å². The maximum Gasteiger partial charge on any atom is 0.282 e.